The summed E-state index contributed by atoms with van der Waals surface area (Å²) in [6, 6.07) is 1.90. The van der Waals surface area contributed by atoms with Crippen LogP contribution in [0, 0.1) is 6.92 Å². The fourth-order valence-electron chi connectivity index (χ4n) is 0.812. The second-order valence-corrected chi connectivity index (χ2v) is 2.37. The maximum Gasteiger partial charge on any atom is 0.153 e. The highest BCUT2D eigenvalue weighted by Crippen LogP contribution is 2.03. The van der Waals surface area contributed by atoms with E-state index in [0.717, 1.165) is 11.5 Å². The summed E-state index contributed by atoms with van der Waals surface area (Å²) in [6.07, 6.45) is 1.64. The highest BCUT2D eigenvalue weighted by atomic mass is 15.2. The van der Waals surface area contributed by atoms with Gasteiger partial charge in [0.25, 0.3) is 0 Å². The molecule has 0 aromatic carbocycles. The van der Waals surface area contributed by atoms with Gasteiger partial charge in [0.05, 0.1) is 0 Å². The molecule has 0 amide bonds. The van der Waals surface area contributed by atoms with E-state index in [1.807, 2.05) is 13.0 Å². The van der Waals surface area contributed by atoms with Crippen molar-refractivity contribution in [2.75, 3.05) is 12.4 Å². The number of H-pyrrole nitrogens is 1. The minimum atomic E-state index is 0.710. The molecule has 4 nitrogen and oxygen atoms in total. The molecule has 4 heteroatoms. The molecular formula is C8H12N4. The molecule has 0 aliphatic rings. The number of aromatic nitrogens is 2. The number of hydrogen-bond acceptors (Lipinski definition) is 2. The summed E-state index contributed by atoms with van der Waals surface area (Å²) in [4.78, 5) is 3.94. The van der Waals surface area contributed by atoms with E-state index in [0.29, 0.717) is 5.84 Å². The third-order valence-electron chi connectivity index (χ3n) is 1.40. The molecule has 0 aliphatic carbocycles. The number of nitrogens with one attached hydrogen (secondary N) is 2. The predicted molar refractivity (Wildman–Crippen MR) is 50.5 cm³/mol. The molecule has 12 heavy (non-hydrogen) atoms. The average Bonchev–Trinajstić information content (AvgIpc) is 2.47. The van der Waals surface area contributed by atoms with Crippen LogP contribution in [0.15, 0.2) is 23.7 Å². The Morgan fingerprint density at radius 1 is 1.83 bits per heavy atom. The summed E-state index contributed by atoms with van der Waals surface area (Å²) in [5, 5.41) is 9.80. The molecule has 64 valence electrons. The largest absolute Gasteiger partial charge is 0.324 e. The molecule has 0 spiro atoms. The van der Waals surface area contributed by atoms with Crippen molar-refractivity contribution < 1.29 is 0 Å². The Bertz CT molecular complexity index is 298. The van der Waals surface area contributed by atoms with E-state index in [9.17, 15) is 0 Å². The van der Waals surface area contributed by atoms with Crippen LogP contribution in [0.2, 0.25) is 0 Å². The first kappa shape index (κ1) is 8.52. The Morgan fingerprint density at radius 3 is 3.00 bits per heavy atom. The summed E-state index contributed by atoms with van der Waals surface area (Å²) >= 11 is 0. The van der Waals surface area contributed by atoms with Crippen molar-refractivity contribution in [2.24, 2.45) is 4.99 Å². The number of aromatic amines is 1. The Kier molecular flexibility index (Phi) is 2.63. The molecule has 0 unspecified atom stereocenters. The van der Waals surface area contributed by atoms with Crippen LogP contribution in [0.4, 0.5) is 5.82 Å². The van der Waals surface area contributed by atoms with Gasteiger partial charge in [-0.25, -0.2) is 0 Å². The van der Waals surface area contributed by atoms with Crippen molar-refractivity contribution in [3.63, 3.8) is 0 Å². The lowest BCUT2D eigenvalue weighted by atomic mass is 10.4. The molecule has 0 atom stereocenters. The molecule has 0 saturated heterocycles. The van der Waals surface area contributed by atoms with E-state index in [1.54, 1.807) is 13.1 Å². The molecule has 1 rings (SSSR count). The van der Waals surface area contributed by atoms with Crippen molar-refractivity contribution in [2.45, 2.75) is 6.92 Å². The van der Waals surface area contributed by atoms with Crippen LogP contribution in [0.3, 0.4) is 0 Å². The molecule has 1 heterocycles. The maximum absolute atomic E-state index is 3.99. The molecule has 0 fully saturated rings. The first-order valence-corrected chi connectivity index (χ1v) is 3.64. The number of nitrogens with zero attached hydrogens (tertiary/aromatic N) is 2. The van der Waals surface area contributed by atoms with Crippen LogP contribution in [-0.2, 0) is 0 Å². The van der Waals surface area contributed by atoms with Gasteiger partial charge in [-0.2, -0.15) is 5.10 Å². The van der Waals surface area contributed by atoms with Gasteiger partial charge >= 0.3 is 0 Å². The summed E-state index contributed by atoms with van der Waals surface area (Å²) in [7, 11) is 1.70. The van der Waals surface area contributed by atoms with E-state index in [4.69, 9.17) is 0 Å². The second kappa shape index (κ2) is 3.71. The molecule has 0 radical (unpaired) electrons. The van der Waals surface area contributed by atoms with Gasteiger partial charge in [0, 0.05) is 18.8 Å². The fraction of sp³-hybridized carbons (Fsp3) is 0.250. The van der Waals surface area contributed by atoms with E-state index >= 15 is 0 Å². The van der Waals surface area contributed by atoms with Gasteiger partial charge in [-0.1, -0.05) is 6.58 Å². The molecule has 1 aromatic heterocycles. The molecule has 1 aromatic rings. The molecule has 2 N–H and O–H groups in total. The molecule has 0 saturated carbocycles. The summed E-state index contributed by atoms with van der Waals surface area (Å²) < 4.78 is 0. The minimum Gasteiger partial charge on any atom is -0.324 e. The van der Waals surface area contributed by atoms with Gasteiger partial charge < -0.3 is 5.32 Å². The Balaban J connectivity index is 2.69. The fourth-order valence-corrected chi connectivity index (χ4v) is 0.812. The van der Waals surface area contributed by atoms with Gasteiger partial charge in [-0.15, -0.1) is 0 Å². The van der Waals surface area contributed by atoms with Gasteiger partial charge in [0.1, 0.15) is 5.84 Å². The van der Waals surface area contributed by atoms with Crippen LogP contribution in [0.5, 0.6) is 0 Å². The monoisotopic (exact) mass is 164 g/mol. The Morgan fingerprint density at radius 2 is 2.58 bits per heavy atom. The highest BCUT2D eigenvalue weighted by molar-refractivity contribution is 6.02. The van der Waals surface area contributed by atoms with Crippen molar-refractivity contribution >= 4 is 11.7 Å². The normalized spacial score (nSPS) is 11.3. The zero-order chi connectivity index (χ0) is 8.97. The lowest BCUT2D eigenvalue weighted by Crippen LogP contribution is -2.08. The number of aliphatic imine (C=N–C) groups is 1. The second-order valence-electron chi connectivity index (χ2n) is 2.37. The highest BCUT2D eigenvalue weighted by Gasteiger charge is 1.97. The number of amidine groups is 1. The van der Waals surface area contributed by atoms with Gasteiger partial charge in [-0.05, 0) is 13.0 Å². The van der Waals surface area contributed by atoms with Crippen LogP contribution in [-0.4, -0.2) is 23.1 Å². The number of aryl methyl sites for hydroxylation is 1. The SMILES string of the molecule is C=CC(=NC)Nc1cc(C)[nH]n1. The maximum atomic E-state index is 3.99. The van der Waals surface area contributed by atoms with E-state index < -0.39 is 0 Å². The summed E-state index contributed by atoms with van der Waals surface area (Å²) in [5.41, 5.74) is 1.01. The number of anilines is 1. The summed E-state index contributed by atoms with van der Waals surface area (Å²) in [6.45, 7) is 5.54. The molecular weight excluding hydrogens is 152 g/mol. The minimum absolute atomic E-state index is 0.710. The van der Waals surface area contributed by atoms with Crippen molar-refractivity contribution in [3.05, 3.63) is 24.4 Å². The van der Waals surface area contributed by atoms with Crippen LogP contribution in [0.25, 0.3) is 0 Å². The smallest absolute Gasteiger partial charge is 0.153 e. The van der Waals surface area contributed by atoms with Gasteiger partial charge in [0.2, 0.25) is 0 Å². The third-order valence-corrected chi connectivity index (χ3v) is 1.40. The topological polar surface area (TPSA) is 53.1 Å². The van der Waals surface area contributed by atoms with Gasteiger partial charge in [-0.3, -0.25) is 10.1 Å². The Hall–Kier alpha value is -1.58. The van der Waals surface area contributed by atoms with Crippen LogP contribution in [0.1, 0.15) is 5.69 Å². The van der Waals surface area contributed by atoms with Crippen LogP contribution >= 0.6 is 0 Å². The lowest BCUT2D eigenvalue weighted by molar-refractivity contribution is 1.05. The van der Waals surface area contributed by atoms with E-state index in [-0.39, 0.29) is 0 Å². The standard InChI is InChI=1S/C8H12N4/c1-4-7(9-3)10-8-5-6(2)11-12-8/h4-5H,1H2,2-3H3,(H2,9,10,11,12). The lowest BCUT2D eigenvalue weighted by Gasteiger charge is -1.98. The van der Waals surface area contributed by atoms with Crippen molar-refractivity contribution in [3.8, 4) is 0 Å². The third kappa shape index (κ3) is 1.95. The van der Waals surface area contributed by atoms with Crippen molar-refractivity contribution in [1.82, 2.24) is 10.2 Å². The van der Waals surface area contributed by atoms with Gasteiger partial charge in [0.15, 0.2) is 5.82 Å². The zero-order valence-electron chi connectivity index (χ0n) is 7.26. The zero-order valence-corrected chi connectivity index (χ0v) is 7.26. The predicted octanol–water partition coefficient (Wildman–Crippen LogP) is 1.34. The average molecular weight is 164 g/mol. The van der Waals surface area contributed by atoms with Crippen molar-refractivity contribution in [1.29, 1.82) is 0 Å². The number of hydrogen-bond donors (Lipinski definition) is 2. The van der Waals surface area contributed by atoms with E-state index in [2.05, 4.69) is 27.1 Å². The summed E-state index contributed by atoms with van der Waals surface area (Å²) in [5.74, 6) is 1.47. The Labute approximate surface area is 71.4 Å². The first-order chi connectivity index (χ1) is 5.76. The molecule has 0 aliphatic heterocycles. The molecule has 0 bridgehead atoms. The number of rotatable bonds is 2. The first-order valence-electron chi connectivity index (χ1n) is 3.64. The van der Waals surface area contributed by atoms with E-state index in [1.165, 1.54) is 0 Å². The quantitative estimate of drug-likeness (QED) is 0.512. The van der Waals surface area contributed by atoms with Crippen LogP contribution < -0.4 is 5.32 Å².